The molecule has 1 N–H and O–H groups in total. The van der Waals surface area contributed by atoms with E-state index in [1.165, 1.54) is 0 Å². The maximum atomic E-state index is 12.5. The minimum absolute atomic E-state index is 0.0459. The van der Waals surface area contributed by atoms with Crippen LogP contribution in [0.15, 0.2) is 60.7 Å². The predicted octanol–water partition coefficient (Wildman–Crippen LogP) is 1.33. The van der Waals surface area contributed by atoms with E-state index in [9.17, 15) is 9.59 Å². The lowest BCUT2D eigenvalue weighted by Crippen LogP contribution is -2.33. The van der Waals surface area contributed by atoms with Crippen LogP contribution in [0.3, 0.4) is 0 Å². The maximum Gasteiger partial charge on any atom is 0.227 e. The Bertz CT molecular complexity index is 941. The molecule has 2 amide bonds. The summed E-state index contributed by atoms with van der Waals surface area (Å²) in [5.41, 5.74) is 1.63. The van der Waals surface area contributed by atoms with Crippen LogP contribution in [0.1, 0.15) is 12.2 Å². The van der Waals surface area contributed by atoms with Crippen molar-refractivity contribution in [2.45, 2.75) is 13.0 Å². The zero-order valence-corrected chi connectivity index (χ0v) is 14.5. The number of para-hydroxylation sites is 2. The molecular weight excluding hydrogens is 344 g/mol. The molecule has 1 aliphatic heterocycles. The average molecular weight is 362 g/mol. The first-order chi connectivity index (χ1) is 13.2. The predicted molar refractivity (Wildman–Crippen MR) is 97.9 cm³/mol. The van der Waals surface area contributed by atoms with Gasteiger partial charge in [-0.1, -0.05) is 36.4 Å². The largest absolute Gasteiger partial charge is 0.348 e. The normalized spacial score (nSPS) is 16.5. The van der Waals surface area contributed by atoms with Gasteiger partial charge in [-0.25, -0.2) is 0 Å². The number of carbonyl (C=O) groups is 2. The summed E-state index contributed by atoms with van der Waals surface area (Å²) in [6.45, 7) is 0.565. The number of anilines is 1. The third-order valence-corrected chi connectivity index (χ3v) is 4.52. The highest BCUT2D eigenvalue weighted by Gasteiger charge is 2.35. The number of nitrogens with zero attached hydrogens (tertiary/aromatic N) is 5. The van der Waals surface area contributed by atoms with E-state index >= 15 is 0 Å². The Hall–Kier alpha value is -3.55. The highest BCUT2D eigenvalue weighted by molar-refractivity contribution is 6.00. The molecule has 1 aliphatic rings. The second kappa shape index (κ2) is 7.36. The van der Waals surface area contributed by atoms with E-state index in [1.54, 1.807) is 9.58 Å². The smallest absolute Gasteiger partial charge is 0.227 e. The van der Waals surface area contributed by atoms with Gasteiger partial charge in [-0.15, -0.1) is 5.10 Å². The van der Waals surface area contributed by atoms with Crippen LogP contribution in [0.5, 0.6) is 0 Å². The second-order valence-corrected chi connectivity index (χ2v) is 6.30. The molecule has 0 bridgehead atoms. The summed E-state index contributed by atoms with van der Waals surface area (Å²) in [5, 5.41) is 14.5. The molecule has 0 saturated carbocycles. The molecule has 1 fully saturated rings. The van der Waals surface area contributed by atoms with Crippen molar-refractivity contribution in [3.8, 4) is 5.69 Å². The van der Waals surface area contributed by atoms with Crippen LogP contribution in [0, 0.1) is 5.92 Å². The van der Waals surface area contributed by atoms with Gasteiger partial charge in [0.2, 0.25) is 11.8 Å². The third-order valence-electron chi connectivity index (χ3n) is 4.52. The van der Waals surface area contributed by atoms with Gasteiger partial charge >= 0.3 is 0 Å². The molecule has 2 aromatic carbocycles. The van der Waals surface area contributed by atoms with Crippen molar-refractivity contribution >= 4 is 17.5 Å². The van der Waals surface area contributed by atoms with Crippen LogP contribution in [-0.2, 0) is 16.1 Å². The highest BCUT2D eigenvalue weighted by Crippen LogP contribution is 2.24. The first-order valence-corrected chi connectivity index (χ1v) is 8.68. The number of aromatic nitrogens is 4. The molecule has 4 rings (SSSR count). The summed E-state index contributed by atoms with van der Waals surface area (Å²) < 4.78 is 1.58. The Morgan fingerprint density at radius 3 is 2.41 bits per heavy atom. The van der Waals surface area contributed by atoms with Crippen LogP contribution in [0.25, 0.3) is 5.69 Å². The van der Waals surface area contributed by atoms with Crippen molar-refractivity contribution in [3.05, 3.63) is 66.5 Å². The van der Waals surface area contributed by atoms with Crippen molar-refractivity contribution < 1.29 is 9.59 Å². The fraction of sp³-hybridized carbons (Fsp3) is 0.211. The number of carbonyl (C=O) groups excluding carboxylic acids is 2. The number of amides is 2. The molecule has 27 heavy (non-hydrogen) atoms. The lowest BCUT2D eigenvalue weighted by molar-refractivity contribution is -0.126. The molecular formula is C19H18N6O2. The van der Waals surface area contributed by atoms with Crippen molar-refractivity contribution in [1.82, 2.24) is 25.5 Å². The molecule has 1 saturated heterocycles. The van der Waals surface area contributed by atoms with Gasteiger partial charge in [0.05, 0.1) is 18.2 Å². The van der Waals surface area contributed by atoms with Crippen LogP contribution in [-0.4, -0.2) is 38.6 Å². The molecule has 1 unspecified atom stereocenters. The minimum atomic E-state index is -0.390. The van der Waals surface area contributed by atoms with Crippen molar-refractivity contribution in [2.75, 3.05) is 11.4 Å². The minimum Gasteiger partial charge on any atom is -0.348 e. The topological polar surface area (TPSA) is 93.0 Å². The van der Waals surface area contributed by atoms with Crippen LogP contribution in [0.2, 0.25) is 0 Å². The second-order valence-electron chi connectivity index (χ2n) is 6.30. The highest BCUT2D eigenvalue weighted by atomic mass is 16.2. The van der Waals surface area contributed by atoms with E-state index in [0.29, 0.717) is 12.4 Å². The monoisotopic (exact) mass is 362 g/mol. The van der Waals surface area contributed by atoms with Crippen molar-refractivity contribution in [1.29, 1.82) is 0 Å². The Morgan fingerprint density at radius 1 is 1.04 bits per heavy atom. The molecule has 0 radical (unpaired) electrons. The van der Waals surface area contributed by atoms with E-state index < -0.39 is 5.92 Å². The van der Waals surface area contributed by atoms with Gasteiger partial charge in [-0.05, 0) is 34.7 Å². The quantitative estimate of drug-likeness (QED) is 0.739. The molecule has 0 spiro atoms. The first-order valence-electron chi connectivity index (χ1n) is 8.68. The van der Waals surface area contributed by atoms with Crippen LogP contribution in [0.4, 0.5) is 5.69 Å². The fourth-order valence-corrected chi connectivity index (χ4v) is 3.14. The number of rotatable bonds is 5. The molecule has 136 valence electrons. The summed E-state index contributed by atoms with van der Waals surface area (Å²) in [6.07, 6.45) is 0.199. The molecule has 8 nitrogen and oxygen atoms in total. The number of hydrogen-bond donors (Lipinski definition) is 1. The Morgan fingerprint density at radius 2 is 1.70 bits per heavy atom. The molecule has 1 aromatic heterocycles. The van der Waals surface area contributed by atoms with Gasteiger partial charge in [0, 0.05) is 18.7 Å². The van der Waals surface area contributed by atoms with E-state index in [4.69, 9.17) is 0 Å². The Balaban J connectivity index is 1.40. The zero-order valence-electron chi connectivity index (χ0n) is 14.5. The SMILES string of the molecule is O=C(NCc1nnnn1-c1ccccc1)C1CC(=O)N(c2ccccc2)C1. The van der Waals surface area contributed by atoms with E-state index in [0.717, 1.165) is 11.4 Å². The van der Waals surface area contributed by atoms with Crippen molar-refractivity contribution in [2.24, 2.45) is 5.92 Å². The molecule has 1 atom stereocenters. The van der Waals surface area contributed by atoms with Gasteiger partial charge in [0.25, 0.3) is 0 Å². The zero-order chi connectivity index (χ0) is 18.6. The first kappa shape index (κ1) is 16.9. The number of benzene rings is 2. The summed E-state index contributed by atoms with van der Waals surface area (Å²) in [4.78, 5) is 26.5. The summed E-state index contributed by atoms with van der Waals surface area (Å²) in [7, 11) is 0. The lowest BCUT2D eigenvalue weighted by Gasteiger charge is -2.16. The number of tetrazole rings is 1. The molecule has 8 heteroatoms. The van der Waals surface area contributed by atoms with E-state index in [1.807, 2.05) is 60.7 Å². The Labute approximate surface area is 155 Å². The number of nitrogens with one attached hydrogen (secondary N) is 1. The summed E-state index contributed by atoms with van der Waals surface area (Å²) in [5.74, 6) is -0.0857. The standard InChI is InChI=1S/C19H18N6O2/c26-18-11-14(13-24(18)15-7-3-1-4-8-15)19(27)20-12-17-21-22-23-25(17)16-9-5-2-6-10-16/h1-10,14H,11-13H2,(H,20,27). The van der Waals surface area contributed by atoms with Gasteiger partial charge in [0.1, 0.15) is 0 Å². The van der Waals surface area contributed by atoms with E-state index in [2.05, 4.69) is 20.8 Å². The number of hydrogen-bond acceptors (Lipinski definition) is 5. The maximum absolute atomic E-state index is 12.5. The molecule has 0 aliphatic carbocycles. The van der Waals surface area contributed by atoms with Crippen LogP contribution >= 0.6 is 0 Å². The summed E-state index contributed by atoms with van der Waals surface area (Å²) >= 11 is 0. The fourth-order valence-electron chi connectivity index (χ4n) is 3.14. The Kier molecular flexibility index (Phi) is 4.61. The van der Waals surface area contributed by atoms with Gasteiger partial charge in [-0.3, -0.25) is 9.59 Å². The lowest BCUT2D eigenvalue weighted by atomic mass is 10.1. The van der Waals surface area contributed by atoms with Gasteiger partial charge < -0.3 is 10.2 Å². The van der Waals surface area contributed by atoms with Crippen molar-refractivity contribution in [3.63, 3.8) is 0 Å². The summed E-state index contributed by atoms with van der Waals surface area (Å²) in [6, 6.07) is 18.8. The third kappa shape index (κ3) is 3.55. The van der Waals surface area contributed by atoms with Gasteiger partial charge in [-0.2, -0.15) is 4.68 Å². The van der Waals surface area contributed by atoms with Gasteiger partial charge in [0.15, 0.2) is 5.82 Å². The van der Waals surface area contributed by atoms with E-state index in [-0.39, 0.29) is 24.8 Å². The molecule has 3 aromatic rings. The molecule has 2 heterocycles. The van der Waals surface area contributed by atoms with Crippen LogP contribution < -0.4 is 10.2 Å². The average Bonchev–Trinajstić information content (AvgIpc) is 3.34.